The van der Waals surface area contributed by atoms with Crippen LogP contribution < -0.4 is 5.32 Å². The molecule has 1 aliphatic carbocycles. The predicted molar refractivity (Wildman–Crippen MR) is 133 cm³/mol. The van der Waals surface area contributed by atoms with E-state index in [0.29, 0.717) is 11.2 Å². The smallest absolute Gasteiger partial charge is 0.369 e. The van der Waals surface area contributed by atoms with Gasteiger partial charge in [-0.25, -0.2) is 4.68 Å². The average molecular weight is 579 g/mol. The first-order valence-corrected chi connectivity index (χ1v) is 14.0. The summed E-state index contributed by atoms with van der Waals surface area (Å²) in [5.74, 6) is -0.553. The van der Waals surface area contributed by atoms with Gasteiger partial charge in [-0.2, -0.15) is 15.1 Å². The maximum Gasteiger partial charge on any atom is 0.369 e. The number of aromatic nitrogens is 4. The highest BCUT2D eigenvalue weighted by Crippen LogP contribution is 2.52. The number of carbonyl (C=O) groups excluding carboxylic acids is 1. The normalized spacial score (nSPS) is 26.1. The summed E-state index contributed by atoms with van der Waals surface area (Å²) in [7, 11) is -1.48. The Hall–Kier alpha value is -1.94. The van der Waals surface area contributed by atoms with Gasteiger partial charge in [0.05, 0.1) is 24.8 Å². The molecule has 1 unspecified atom stereocenters. The van der Waals surface area contributed by atoms with Gasteiger partial charge in [0.1, 0.15) is 24.1 Å². The van der Waals surface area contributed by atoms with E-state index in [2.05, 4.69) is 20.4 Å². The Labute approximate surface area is 223 Å². The van der Waals surface area contributed by atoms with E-state index in [1.165, 1.54) is 25.0 Å². The lowest BCUT2D eigenvalue weighted by molar-refractivity contribution is -0.160. The van der Waals surface area contributed by atoms with Crippen molar-refractivity contribution in [3.63, 3.8) is 0 Å². The molecule has 1 aliphatic heterocycles. The van der Waals surface area contributed by atoms with Gasteiger partial charge >= 0.3 is 7.60 Å². The van der Waals surface area contributed by atoms with Crippen molar-refractivity contribution in [1.29, 1.82) is 0 Å². The molecule has 2 aromatic heterocycles. The topological polar surface area (TPSA) is 202 Å². The maximum absolute atomic E-state index is 12.8. The third-order valence-corrected chi connectivity index (χ3v) is 8.30. The predicted octanol–water partition coefficient (Wildman–Crippen LogP) is 0.0786. The lowest BCUT2D eigenvalue weighted by Gasteiger charge is -2.35. The Bertz CT molecular complexity index is 1210. The number of hydrogen-bond acceptors (Lipinski definition) is 11. The van der Waals surface area contributed by atoms with Crippen LogP contribution in [0.4, 0.5) is 5.82 Å². The number of ether oxygens (including phenoxy) is 3. The van der Waals surface area contributed by atoms with Crippen LogP contribution in [-0.2, 0) is 23.6 Å². The van der Waals surface area contributed by atoms with Crippen molar-refractivity contribution in [3.8, 4) is 0 Å². The summed E-state index contributed by atoms with van der Waals surface area (Å²) in [5.41, 5.74) is 0.245. The number of amides is 1. The molecular weight excluding hydrogens is 547 g/mol. The lowest BCUT2D eigenvalue weighted by atomic mass is 10.1. The average Bonchev–Trinajstić information content (AvgIpc) is 3.56. The number of halogens is 1. The number of rotatable bonds is 10. The minimum absolute atomic E-state index is 0.0548. The van der Waals surface area contributed by atoms with Crippen LogP contribution in [0.25, 0.3) is 11.0 Å². The van der Waals surface area contributed by atoms with Gasteiger partial charge in [0.2, 0.25) is 5.28 Å². The molecular formula is C21H32ClN6O9P. The molecule has 38 heavy (non-hydrogen) atoms. The van der Waals surface area contributed by atoms with Crippen LogP contribution in [0.1, 0.15) is 31.9 Å². The first-order valence-electron chi connectivity index (χ1n) is 12.0. The van der Waals surface area contributed by atoms with Crippen LogP contribution >= 0.6 is 19.2 Å². The van der Waals surface area contributed by atoms with E-state index in [1.54, 1.807) is 0 Å². The van der Waals surface area contributed by atoms with Crippen molar-refractivity contribution in [1.82, 2.24) is 24.6 Å². The first kappa shape index (κ1) is 29.1. The number of hydrogen-bond donors (Lipinski definition) is 5. The minimum Gasteiger partial charge on any atom is -0.387 e. The quantitative estimate of drug-likeness (QED) is 0.187. The molecule has 212 valence electrons. The molecule has 2 aromatic rings. The fourth-order valence-corrected chi connectivity index (χ4v) is 5.90. The van der Waals surface area contributed by atoms with Gasteiger partial charge in [-0.1, -0.05) is 12.8 Å². The molecule has 0 spiro atoms. The summed E-state index contributed by atoms with van der Waals surface area (Å²) in [6, 6.07) is 0.232. The standard InChI is InChI=1S/C21H32ClN6O9P/c1-27(2)19(31)21(10-35-3,38(32,33)34)36-9-13-14(29)15(30)18(37-13)28-17-12(8-23-28)16(25-20(22)26-17)24-11-6-4-5-7-11/h8,11,13-15,18,29-30H,4-7,9-10H2,1-3H3,(H,24,25,26)(H2,32,33,34)/t13-,14-,15-,18-,21?/m1/s1. The number of anilines is 1. The van der Waals surface area contributed by atoms with Crippen molar-refractivity contribution in [2.75, 3.05) is 39.7 Å². The van der Waals surface area contributed by atoms with Gasteiger partial charge in [0.25, 0.3) is 11.2 Å². The van der Waals surface area contributed by atoms with Gasteiger partial charge in [-0.15, -0.1) is 0 Å². The second-order valence-electron chi connectivity index (χ2n) is 9.61. The molecule has 5 N–H and O–H groups in total. The molecule has 0 aromatic carbocycles. The largest absolute Gasteiger partial charge is 0.387 e. The summed E-state index contributed by atoms with van der Waals surface area (Å²) in [6.45, 7) is -1.43. The van der Waals surface area contributed by atoms with E-state index >= 15 is 0 Å². The number of carbonyl (C=O) groups is 1. The summed E-state index contributed by atoms with van der Waals surface area (Å²) < 4.78 is 29.8. The Balaban J connectivity index is 1.58. The molecule has 17 heteroatoms. The van der Waals surface area contributed by atoms with Crippen molar-refractivity contribution in [2.45, 2.75) is 61.6 Å². The van der Waals surface area contributed by atoms with Crippen molar-refractivity contribution >= 4 is 42.0 Å². The summed E-state index contributed by atoms with van der Waals surface area (Å²) >= 11 is 6.17. The van der Waals surface area contributed by atoms with E-state index in [1.807, 2.05) is 0 Å². The van der Waals surface area contributed by atoms with Crippen molar-refractivity contribution in [2.24, 2.45) is 0 Å². The highest BCUT2D eigenvalue weighted by Gasteiger charge is 2.57. The van der Waals surface area contributed by atoms with Crippen LogP contribution in [0.5, 0.6) is 0 Å². The highest BCUT2D eigenvalue weighted by molar-refractivity contribution is 7.54. The van der Waals surface area contributed by atoms with Crippen LogP contribution in [0.15, 0.2) is 6.20 Å². The SMILES string of the molecule is COCC(OC[C@H]1O[C@@H](n2ncc3c(NC4CCCC4)nc(Cl)nc32)[C@H](O)[C@@H]1O)(C(=O)N(C)C)P(=O)(O)O. The fraction of sp³-hybridized carbons (Fsp3) is 0.714. The van der Waals surface area contributed by atoms with Crippen LogP contribution in [0, 0.1) is 0 Å². The van der Waals surface area contributed by atoms with Gasteiger partial charge in [-0.3, -0.25) is 9.36 Å². The van der Waals surface area contributed by atoms with E-state index in [9.17, 15) is 29.4 Å². The number of nitrogens with one attached hydrogen (secondary N) is 1. The Morgan fingerprint density at radius 3 is 2.58 bits per heavy atom. The van der Waals surface area contributed by atoms with E-state index < -0.39 is 56.6 Å². The monoisotopic (exact) mass is 578 g/mol. The summed E-state index contributed by atoms with van der Waals surface area (Å²) in [4.78, 5) is 42.2. The second-order valence-corrected chi connectivity index (χ2v) is 11.8. The minimum atomic E-state index is -5.24. The molecule has 3 heterocycles. The number of aliphatic hydroxyl groups is 2. The third-order valence-electron chi connectivity index (χ3n) is 6.74. The Kier molecular flexibility index (Phi) is 8.62. The van der Waals surface area contributed by atoms with E-state index in [-0.39, 0.29) is 17.0 Å². The first-order chi connectivity index (χ1) is 17.9. The molecule has 1 saturated heterocycles. The van der Waals surface area contributed by atoms with Crippen LogP contribution in [0.2, 0.25) is 5.28 Å². The van der Waals surface area contributed by atoms with Gasteiger partial charge < -0.3 is 44.4 Å². The van der Waals surface area contributed by atoms with Crippen LogP contribution in [0.3, 0.4) is 0 Å². The molecule has 15 nitrogen and oxygen atoms in total. The number of fused-ring (bicyclic) bond motifs is 1. The van der Waals surface area contributed by atoms with Gasteiger partial charge in [0, 0.05) is 27.2 Å². The maximum atomic E-state index is 12.8. The Morgan fingerprint density at radius 1 is 1.29 bits per heavy atom. The van der Waals surface area contributed by atoms with E-state index in [0.717, 1.165) is 37.7 Å². The molecule has 5 atom stereocenters. The zero-order valence-corrected chi connectivity index (χ0v) is 22.7. The Morgan fingerprint density at radius 2 is 1.97 bits per heavy atom. The van der Waals surface area contributed by atoms with E-state index in [4.69, 9.17) is 25.8 Å². The number of aliphatic hydroxyl groups excluding tert-OH is 2. The molecule has 0 bridgehead atoms. The summed E-state index contributed by atoms with van der Waals surface area (Å²) in [6.07, 6.45) is 0.0608. The molecule has 1 saturated carbocycles. The van der Waals surface area contributed by atoms with Gasteiger partial charge in [-0.05, 0) is 24.4 Å². The number of likely N-dealkylation sites (N-methyl/N-ethyl adjacent to an activating group) is 1. The number of nitrogens with zero attached hydrogens (tertiary/aromatic N) is 5. The fourth-order valence-electron chi connectivity index (χ4n) is 4.75. The van der Waals surface area contributed by atoms with Crippen molar-refractivity contribution < 1.29 is 43.6 Å². The van der Waals surface area contributed by atoms with Crippen LogP contribution in [-0.4, -0.2) is 115 Å². The lowest BCUT2D eigenvalue weighted by Crippen LogP contribution is -2.52. The molecule has 4 rings (SSSR count). The second kappa shape index (κ2) is 11.3. The molecule has 0 radical (unpaired) electrons. The van der Waals surface area contributed by atoms with Gasteiger partial charge in [0.15, 0.2) is 11.9 Å². The molecule has 2 aliphatic rings. The van der Waals surface area contributed by atoms with Crippen molar-refractivity contribution in [3.05, 3.63) is 11.5 Å². The highest BCUT2D eigenvalue weighted by atomic mass is 35.5. The molecule has 1 amide bonds. The zero-order valence-electron chi connectivity index (χ0n) is 21.1. The number of methoxy groups -OCH3 is 1. The third kappa shape index (κ3) is 5.40. The summed E-state index contributed by atoms with van der Waals surface area (Å²) in [5, 5.41) is 26.9. The molecule has 2 fully saturated rings. The zero-order chi connectivity index (χ0) is 27.8.